The number of amides is 1. The van der Waals surface area contributed by atoms with E-state index in [-0.39, 0.29) is 12.5 Å². The van der Waals surface area contributed by atoms with Gasteiger partial charge in [-0.2, -0.15) is 0 Å². The normalized spacial score (nSPS) is 12.5. The van der Waals surface area contributed by atoms with Gasteiger partial charge in [-0.05, 0) is 61.6 Å². The van der Waals surface area contributed by atoms with E-state index in [1.165, 1.54) is 23.1 Å². The standard InChI is InChI=1S/C20H23NO3/c1-15-5-8-18(9-6-15)23-12-11-21-20(22)14-24-19-10-7-16-3-2-4-17(16)13-19/h5-10,13H,2-4,11-12,14H2,1H3,(H,21,22). The summed E-state index contributed by atoms with van der Waals surface area (Å²) in [6.07, 6.45) is 3.46. The summed E-state index contributed by atoms with van der Waals surface area (Å²) in [6.45, 7) is 2.96. The van der Waals surface area contributed by atoms with Crippen LogP contribution < -0.4 is 14.8 Å². The molecule has 0 heterocycles. The first kappa shape index (κ1) is 16.4. The van der Waals surface area contributed by atoms with Gasteiger partial charge in [0.25, 0.3) is 5.91 Å². The van der Waals surface area contributed by atoms with E-state index in [4.69, 9.17) is 9.47 Å². The summed E-state index contributed by atoms with van der Waals surface area (Å²) < 4.78 is 11.1. The number of carbonyl (C=O) groups excluding carboxylic acids is 1. The van der Waals surface area contributed by atoms with Crippen molar-refractivity contribution in [2.45, 2.75) is 26.2 Å². The Hall–Kier alpha value is -2.49. The maximum Gasteiger partial charge on any atom is 0.258 e. The third kappa shape index (κ3) is 4.51. The highest BCUT2D eigenvalue weighted by Crippen LogP contribution is 2.25. The molecule has 24 heavy (non-hydrogen) atoms. The van der Waals surface area contributed by atoms with E-state index in [9.17, 15) is 4.79 Å². The highest BCUT2D eigenvalue weighted by Gasteiger charge is 2.11. The summed E-state index contributed by atoms with van der Waals surface area (Å²) in [4.78, 5) is 11.8. The molecule has 126 valence electrons. The summed E-state index contributed by atoms with van der Waals surface area (Å²) in [5.74, 6) is 1.44. The molecule has 0 spiro atoms. The van der Waals surface area contributed by atoms with Crippen LogP contribution >= 0.6 is 0 Å². The lowest BCUT2D eigenvalue weighted by atomic mass is 10.1. The molecule has 0 aromatic heterocycles. The van der Waals surface area contributed by atoms with Crippen LogP contribution in [-0.4, -0.2) is 25.7 Å². The summed E-state index contributed by atoms with van der Waals surface area (Å²) in [5.41, 5.74) is 3.94. The summed E-state index contributed by atoms with van der Waals surface area (Å²) >= 11 is 0. The SMILES string of the molecule is Cc1ccc(OCCNC(=O)COc2ccc3c(c2)CCC3)cc1. The Bertz CT molecular complexity index is 695. The number of nitrogens with one attached hydrogen (secondary N) is 1. The number of fused-ring (bicyclic) bond motifs is 1. The van der Waals surface area contributed by atoms with E-state index in [2.05, 4.69) is 17.4 Å². The Morgan fingerprint density at radius 1 is 1.00 bits per heavy atom. The van der Waals surface area contributed by atoms with Crippen LogP contribution in [0.1, 0.15) is 23.1 Å². The maximum absolute atomic E-state index is 11.8. The van der Waals surface area contributed by atoms with E-state index in [1.54, 1.807) is 0 Å². The Morgan fingerprint density at radius 3 is 2.58 bits per heavy atom. The van der Waals surface area contributed by atoms with Gasteiger partial charge in [-0.3, -0.25) is 4.79 Å². The highest BCUT2D eigenvalue weighted by molar-refractivity contribution is 5.77. The van der Waals surface area contributed by atoms with Crippen LogP contribution in [0.4, 0.5) is 0 Å². The largest absolute Gasteiger partial charge is 0.492 e. The molecule has 1 amide bonds. The van der Waals surface area contributed by atoms with Crippen molar-refractivity contribution in [3.05, 3.63) is 59.2 Å². The molecule has 1 aliphatic carbocycles. The fourth-order valence-corrected chi connectivity index (χ4v) is 2.83. The first-order valence-corrected chi connectivity index (χ1v) is 8.41. The molecule has 0 radical (unpaired) electrons. The fraction of sp³-hybridized carbons (Fsp3) is 0.350. The Morgan fingerprint density at radius 2 is 1.75 bits per heavy atom. The zero-order chi connectivity index (χ0) is 16.8. The van der Waals surface area contributed by atoms with Gasteiger partial charge in [0.05, 0.1) is 6.54 Å². The fourth-order valence-electron chi connectivity index (χ4n) is 2.83. The van der Waals surface area contributed by atoms with E-state index in [0.29, 0.717) is 13.2 Å². The minimum Gasteiger partial charge on any atom is -0.492 e. The molecule has 0 fully saturated rings. The molecule has 0 aliphatic heterocycles. The molecular weight excluding hydrogens is 302 g/mol. The van der Waals surface area contributed by atoms with Crippen molar-refractivity contribution < 1.29 is 14.3 Å². The zero-order valence-corrected chi connectivity index (χ0v) is 14.0. The minimum absolute atomic E-state index is 0.0311. The molecule has 2 aromatic carbocycles. The Kier molecular flexibility index (Phi) is 5.36. The zero-order valence-electron chi connectivity index (χ0n) is 14.0. The van der Waals surface area contributed by atoms with Crippen molar-refractivity contribution >= 4 is 5.91 Å². The van der Waals surface area contributed by atoms with Crippen LogP contribution in [0.2, 0.25) is 0 Å². The van der Waals surface area contributed by atoms with Crippen LogP contribution in [0.5, 0.6) is 11.5 Å². The van der Waals surface area contributed by atoms with Crippen LogP contribution in [0.3, 0.4) is 0 Å². The molecule has 4 nitrogen and oxygen atoms in total. The number of hydrogen-bond acceptors (Lipinski definition) is 3. The first-order chi connectivity index (χ1) is 11.7. The van der Waals surface area contributed by atoms with Gasteiger partial charge in [0.2, 0.25) is 0 Å². The van der Waals surface area contributed by atoms with Gasteiger partial charge in [0.1, 0.15) is 18.1 Å². The second kappa shape index (κ2) is 7.86. The predicted octanol–water partition coefficient (Wildman–Crippen LogP) is 3.06. The number of hydrogen-bond donors (Lipinski definition) is 1. The van der Waals surface area contributed by atoms with Crippen LogP contribution in [0.25, 0.3) is 0 Å². The van der Waals surface area contributed by atoms with Crippen LogP contribution in [0.15, 0.2) is 42.5 Å². The van der Waals surface area contributed by atoms with Gasteiger partial charge in [-0.25, -0.2) is 0 Å². The topological polar surface area (TPSA) is 47.6 Å². The molecule has 3 rings (SSSR count). The summed E-state index contributed by atoms with van der Waals surface area (Å²) in [5, 5.41) is 2.80. The third-order valence-corrected chi connectivity index (χ3v) is 4.15. The number of ether oxygens (including phenoxy) is 2. The van der Waals surface area contributed by atoms with Crippen molar-refractivity contribution in [3.8, 4) is 11.5 Å². The smallest absolute Gasteiger partial charge is 0.258 e. The average Bonchev–Trinajstić information content (AvgIpc) is 3.06. The summed E-state index contributed by atoms with van der Waals surface area (Å²) in [6, 6.07) is 13.9. The monoisotopic (exact) mass is 325 g/mol. The first-order valence-electron chi connectivity index (χ1n) is 8.41. The van der Waals surface area contributed by atoms with Crippen LogP contribution in [-0.2, 0) is 17.6 Å². The minimum atomic E-state index is -0.136. The highest BCUT2D eigenvalue weighted by atomic mass is 16.5. The van der Waals surface area contributed by atoms with Crippen molar-refractivity contribution in [2.24, 2.45) is 0 Å². The van der Waals surface area contributed by atoms with E-state index in [0.717, 1.165) is 24.3 Å². The van der Waals surface area contributed by atoms with Crippen LogP contribution in [0, 0.1) is 6.92 Å². The van der Waals surface area contributed by atoms with Gasteiger partial charge in [-0.15, -0.1) is 0 Å². The Balaban J connectivity index is 1.34. The summed E-state index contributed by atoms with van der Waals surface area (Å²) in [7, 11) is 0. The lowest BCUT2D eigenvalue weighted by Crippen LogP contribution is -2.32. The number of aryl methyl sites for hydroxylation is 3. The number of rotatable bonds is 7. The van der Waals surface area contributed by atoms with Crippen molar-refractivity contribution in [1.29, 1.82) is 0 Å². The second-order valence-corrected chi connectivity index (χ2v) is 6.08. The van der Waals surface area contributed by atoms with E-state index < -0.39 is 0 Å². The molecular formula is C20H23NO3. The van der Waals surface area contributed by atoms with Gasteiger partial charge in [0.15, 0.2) is 6.61 Å². The lowest BCUT2D eigenvalue weighted by molar-refractivity contribution is -0.123. The molecule has 1 N–H and O–H groups in total. The van der Waals surface area contributed by atoms with Gasteiger partial charge in [0, 0.05) is 0 Å². The number of carbonyl (C=O) groups is 1. The second-order valence-electron chi connectivity index (χ2n) is 6.08. The van der Waals surface area contributed by atoms with Gasteiger partial charge < -0.3 is 14.8 Å². The van der Waals surface area contributed by atoms with E-state index in [1.807, 2.05) is 37.3 Å². The van der Waals surface area contributed by atoms with Gasteiger partial charge in [-0.1, -0.05) is 23.8 Å². The third-order valence-electron chi connectivity index (χ3n) is 4.15. The predicted molar refractivity (Wildman–Crippen MR) is 93.6 cm³/mol. The van der Waals surface area contributed by atoms with Crippen molar-refractivity contribution in [3.63, 3.8) is 0 Å². The number of benzene rings is 2. The van der Waals surface area contributed by atoms with Crippen molar-refractivity contribution in [1.82, 2.24) is 5.32 Å². The van der Waals surface area contributed by atoms with Crippen molar-refractivity contribution in [2.75, 3.05) is 19.8 Å². The molecule has 4 heteroatoms. The lowest BCUT2D eigenvalue weighted by Gasteiger charge is -2.10. The van der Waals surface area contributed by atoms with E-state index >= 15 is 0 Å². The maximum atomic E-state index is 11.8. The molecule has 0 saturated heterocycles. The Labute approximate surface area is 142 Å². The average molecular weight is 325 g/mol. The quantitative estimate of drug-likeness (QED) is 0.796. The van der Waals surface area contributed by atoms with Gasteiger partial charge >= 0.3 is 0 Å². The molecule has 0 unspecified atom stereocenters. The molecule has 1 aliphatic rings. The molecule has 2 aromatic rings. The molecule has 0 atom stereocenters. The molecule has 0 bridgehead atoms. The molecule has 0 saturated carbocycles.